The molecule has 4 nitrogen and oxygen atoms in total. The van der Waals surface area contributed by atoms with Gasteiger partial charge in [-0.15, -0.1) is 0 Å². The Morgan fingerprint density at radius 2 is 2.22 bits per heavy atom. The second kappa shape index (κ2) is 4.35. The Hall–Kier alpha value is -1.42. The first-order chi connectivity index (χ1) is 8.63. The molecular formula is C14H20N4. The van der Waals surface area contributed by atoms with Gasteiger partial charge in [0.1, 0.15) is 0 Å². The number of hydrogen-bond donors (Lipinski definition) is 0. The molecule has 1 saturated heterocycles. The van der Waals surface area contributed by atoms with E-state index in [-0.39, 0.29) is 0 Å². The minimum Gasteiger partial charge on any atom is -0.300 e. The molecule has 3 heterocycles. The summed E-state index contributed by atoms with van der Waals surface area (Å²) >= 11 is 0. The van der Waals surface area contributed by atoms with Gasteiger partial charge in [0.2, 0.25) is 0 Å². The Morgan fingerprint density at radius 3 is 2.94 bits per heavy atom. The first-order valence-corrected chi connectivity index (χ1v) is 6.70. The summed E-state index contributed by atoms with van der Waals surface area (Å²) in [5.41, 5.74) is 2.20. The third kappa shape index (κ3) is 2.01. The number of fused-ring (bicyclic) bond motifs is 1. The maximum absolute atomic E-state index is 4.67. The number of nitrogens with zero attached hydrogens (tertiary/aromatic N) is 4. The molecule has 1 atom stereocenters. The standard InChI is InChI=1S/C14H20N4/c1-10(2)17-6-5-12(9-17)14-15-13-8-11(3)4-7-18(13)16-14/h4,7-8,10,12H,5-6,9H2,1-3H3. The van der Waals surface area contributed by atoms with Gasteiger partial charge >= 0.3 is 0 Å². The Balaban J connectivity index is 1.87. The smallest absolute Gasteiger partial charge is 0.156 e. The van der Waals surface area contributed by atoms with E-state index in [1.54, 1.807) is 0 Å². The summed E-state index contributed by atoms with van der Waals surface area (Å²) in [6.07, 6.45) is 3.17. The second-order valence-electron chi connectivity index (χ2n) is 5.55. The van der Waals surface area contributed by atoms with Crippen molar-refractivity contribution in [1.82, 2.24) is 19.5 Å². The van der Waals surface area contributed by atoms with Crippen LogP contribution in [0.15, 0.2) is 18.3 Å². The minimum atomic E-state index is 0.493. The highest BCUT2D eigenvalue weighted by atomic mass is 15.3. The van der Waals surface area contributed by atoms with Crippen molar-refractivity contribution in [2.75, 3.05) is 13.1 Å². The zero-order chi connectivity index (χ0) is 12.7. The fraction of sp³-hybridized carbons (Fsp3) is 0.571. The van der Waals surface area contributed by atoms with Crippen LogP contribution in [0.2, 0.25) is 0 Å². The molecule has 1 aliphatic heterocycles. The van der Waals surface area contributed by atoms with Gasteiger partial charge in [0.25, 0.3) is 0 Å². The van der Waals surface area contributed by atoms with E-state index in [0.717, 1.165) is 24.6 Å². The normalized spacial score (nSPS) is 21.2. The summed E-state index contributed by atoms with van der Waals surface area (Å²) in [5, 5.41) is 4.61. The lowest BCUT2D eigenvalue weighted by Crippen LogP contribution is -2.28. The van der Waals surface area contributed by atoms with Crippen molar-refractivity contribution in [1.29, 1.82) is 0 Å². The van der Waals surface area contributed by atoms with E-state index in [0.29, 0.717) is 12.0 Å². The predicted octanol–water partition coefficient (Wildman–Crippen LogP) is 2.24. The number of aromatic nitrogens is 3. The summed E-state index contributed by atoms with van der Waals surface area (Å²) in [6.45, 7) is 8.85. The highest BCUT2D eigenvalue weighted by Gasteiger charge is 2.28. The molecule has 0 saturated carbocycles. The number of rotatable bonds is 2. The first-order valence-electron chi connectivity index (χ1n) is 6.70. The maximum atomic E-state index is 4.67. The van der Waals surface area contributed by atoms with Gasteiger partial charge in [-0.3, -0.25) is 0 Å². The average molecular weight is 244 g/mol. The summed E-state index contributed by atoms with van der Waals surface area (Å²) < 4.78 is 1.89. The molecule has 96 valence electrons. The van der Waals surface area contributed by atoms with Gasteiger partial charge in [-0.2, -0.15) is 5.10 Å². The largest absolute Gasteiger partial charge is 0.300 e. The third-order valence-corrected chi connectivity index (χ3v) is 3.82. The fourth-order valence-corrected chi connectivity index (χ4v) is 2.64. The van der Waals surface area contributed by atoms with Crippen LogP contribution in [-0.4, -0.2) is 38.6 Å². The molecule has 1 unspecified atom stereocenters. The van der Waals surface area contributed by atoms with Crippen LogP contribution in [0.4, 0.5) is 0 Å². The van der Waals surface area contributed by atoms with E-state index in [4.69, 9.17) is 0 Å². The van der Waals surface area contributed by atoms with Crippen molar-refractivity contribution in [3.05, 3.63) is 29.7 Å². The number of hydrogen-bond acceptors (Lipinski definition) is 3. The van der Waals surface area contributed by atoms with Crippen molar-refractivity contribution in [2.24, 2.45) is 0 Å². The summed E-state index contributed by atoms with van der Waals surface area (Å²) in [5.74, 6) is 1.50. The van der Waals surface area contributed by atoms with Crippen molar-refractivity contribution >= 4 is 5.65 Å². The van der Waals surface area contributed by atoms with E-state index in [1.165, 1.54) is 12.0 Å². The Morgan fingerprint density at radius 1 is 1.39 bits per heavy atom. The zero-order valence-corrected chi connectivity index (χ0v) is 11.3. The topological polar surface area (TPSA) is 33.4 Å². The maximum Gasteiger partial charge on any atom is 0.156 e. The summed E-state index contributed by atoms with van der Waals surface area (Å²) in [4.78, 5) is 7.18. The molecule has 0 aliphatic carbocycles. The Kier molecular flexibility index (Phi) is 2.82. The van der Waals surface area contributed by atoms with Crippen molar-refractivity contribution in [3.63, 3.8) is 0 Å². The van der Waals surface area contributed by atoms with Crippen LogP contribution >= 0.6 is 0 Å². The molecule has 18 heavy (non-hydrogen) atoms. The summed E-state index contributed by atoms with van der Waals surface area (Å²) in [6, 6.07) is 4.78. The highest BCUT2D eigenvalue weighted by molar-refractivity contribution is 5.40. The van der Waals surface area contributed by atoms with Crippen LogP contribution < -0.4 is 0 Å². The van der Waals surface area contributed by atoms with E-state index >= 15 is 0 Å². The van der Waals surface area contributed by atoms with Gasteiger partial charge in [0.15, 0.2) is 11.5 Å². The van der Waals surface area contributed by atoms with Crippen molar-refractivity contribution < 1.29 is 0 Å². The Labute approximate surface area is 108 Å². The number of likely N-dealkylation sites (tertiary alicyclic amines) is 1. The third-order valence-electron chi connectivity index (χ3n) is 3.82. The van der Waals surface area contributed by atoms with Gasteiger partial charge in [0, 0.05) is 24.7 Å². The van der Waals surface area contributed by atoms with Crippen LogP contribution in [0, 0.1) is 6.92 Å². The molecular weight excluding hydrogens is 224 g/mol. The van der Waals surface area contributed by atoms with Crippen molar-refractivity contribution in [2.45, 2.75) is 39.2 Å². The lowest BCUT2D eigenvalue weighted by Gasteiger charge is -2.19. The van der Waals surface area contributed by atoms with Crippen LogP contribution in [0.25, 0.3) is 5.65 Å². The van der Waals surface area contributed by atoms with Gasteiger partial charge in [-0.25, -0.2) is 9.50 Å². The molecule has 0 aromatic carbocycles. The van der Waals surface area contributed by atoms with Crippen LogP contribution in [0.3, 0.4) is 0 Å². The van der Waals surface area contributed by atoms with Crippen LogP contribution in [-0.2, 0) is 0 Å². The van der Waals surface area contributed by atoms with Gasteiger partial charge in [-0.1, -0.05) is 0 Å². The van der Waals surface area contributed by atoms with E-state index in [2.05, 4.69) is 47.9 Å². The second-order valence-corrected chi connectivity index (χ2v) is 5.55. The predicted molar refractivity (Wildman–Crippen MR) is 71.8 cm³/mol. The highest BCUT2D eigenvalue weighted by Crippen LogP contribution is 2.26. The first kappa shape index (κ1) is 11.7. The number of pyridine rings is 1. The van der Waals surface area contributed by atoms with Crippen LogP contribution in [0.5, 0.6) is 0 Å². The average Bonchev–Trinajstić information content (AvgIpc) is 2.93. The molecule has 4 heteroatoms. The SMILES string of the molecule is Cc1ccn2nc(C3CCN(C(C)C)C3)nc2c1. The van der Waals surface area contributed by atoms with Gasteiger partial charge < -0.3 is 4.90 Å². The lowest BCUT2D eigenvalue weighted by molar-refractivity contribution is 0.272. The lowest BCUT2D eigenvalue weighted by atomic mass is 10.1. The molecule has 3 rings (SSSR count). The monoisotopic (exact) mass is 244 g/mol. The van der Waals surface area contributed by atoms with Crippen LogP contribution in [0.1, 0.15) is 37.6 Å². The van der Waals surface area contributed by atoms with E-state index in [1.807, 2.05) is 10.7 Å². The fourth-order valence-electron chi connectivity index (χ4n) is 2.64. The molecule has 2 aromatic rings. The number of aryl methyl sites for hydroxylation is 1. The molecule has 0 spiro atoms. The van der Waals surface area contributed by atoms with Gasteiger partial charge in [0.05, 0.1) is 0 Å². The minimum absolute atomic E-state index is 0.493. The van der Waals surface area contributed by atoms with Gasteiger partial charge in [-0.05, 0) is 51.4 Å². The zero-order valence-electron chi connectivity index (χ0n) is 11.3. The van der Waals surface area contributed by atoms with E-state index in [9.17, 15) is 0 Å². The van der Waals surface area contributed by atoms with Crippen molar-refractivity contribution in [3.8, 4) is 0 Å². The molecule has 0 amide bonds. The molecule has 1 fully saturated rings. The molecule has 1 aliphatic rings. The molecule has 2 aromatic heterocycles. The molecule has 0 N–H and O–H groups in total. The summed E-state index contributed by atoms with van der Waals surface area (Å²) in [7, 11) is 0. The van der Waals surface area contributed by atoms with E-state index < -0.39 is 0 Å². The molecule has 0 radical (unpaired) electrons. The quantitative estimate of drug-likeness (QED) is 0.812. The Bertz CT molecular complexity index is 558. The molecule has 0 bridgehead atoms.